The van der Waals surface area contributed by atoms with E-state index in [1.807, 2.05) is 12.2 Å². The summed E-state index contributed by atoms with van der Waals surface area (Å²) in [5.74, 6) is 0. The van der Waals surface area contributed by atoms with E-state index in [1.165, 1.54) is 0 Å². The molecule has 0 heterocycles. The van der Waals surface area contributed by atoms with Crippen LogP contribution in [0.2, 0.25) is 0 Å². The molecule has 98 valence electrons. The molecule has 3 nitrogen and oxygen atoms in total. The SMILES string of the molecule is C[N-]C.C[N-]C.C[N-]C.[C-]1=CC=CC1.[CH3-].[Ti]. The minimum atomic E-state index is 0. The van der Waals surface area contributed by atoms with Gasteiger partial charge in [-0.1, -0.05) is 0 Å². The quantitative estimate of drug-likeness (QED) is 0.471. The number of nitrogens with zero attached hydrogens (tertiary/aromatic N) is 3. The summed E-state index contributed by atoms with van der Waals surface area (Å²) in [5.41, 5.74) is 0. The van der Waals surface area contributed by atoms with Gasteiger partial charge in [0.15, 0.2) is 0 Å². The van der Waals surface area contributed by atoms with Gasteiger partial charge in [0.05, 0.1) is 0 Å². The smallest absolute Gasteiger partial charge is 0 e. The second-order valence-corrected chi connectivity index (χ2v) is 2.34. The molecule has 0 saturated carbocycles. The Kier molecular flexibility index (Phi) is 85.3. The predicted octanol–water partition coefficient (Wildman–Crippen LogP) is 3.61. The third-order valence-electron chi connectivity index (χ3n) is 0.586. The van der Waals surface area contributed by atoms with Crippen LogP contribution in [0.3, 0.4) is 0 Å². The summed E-state index contributed by atoms with van der Waals surface area (Å²) in [5, 5.41) is 10.5. The number of rotatable bonds is 0. The van der Waals surface area contributed by atoms with E-state index in [0.717, 1.165) is 6.42 Å². The maximum absolute atomic E-state index is 3.50. The topological polar surface area (TPSA) is 42.3 Å². The fourth-order valence-corrected chi connectivity index (χ4v) is 0.340. The van der Waals surface area contributed by atoms with Crippen LogP contribution in [0.15, 0.2) is 18.2 Å². The Bertz CT molecular complexity index is 100. The molecule has 1 rings (SSSR count). The average Bonchev–Trinajstić information content (AvgIpc) is 2.63. The first-order chi connectivity index (χ1) is 6.74. The van der Waals surface area contributed by atoms with Gasteiger partial charge in [-0.25, -0.2) is 12.2 Å². The second-order valence-electron chi connectivity index (χ2n) is 2.34. The molecule has 0 aliphatic heterocycles. The third kappa shape index (κ3) is 93.4. The largest absolute Gasteiger partial charge is 0.668 e. The normalized spacial score (nSPS) is 8.88. The molecule has 0 aromatic heterocycles. The first kappa shape index (κ1) is 29.8. The van der Waals surface area contributed by atoms with Crippen molar-refractivity contribution in [1.82, 2.24) is 0 Å². The van der Waals surface area contributed by atoms with Gasteiger partial charge >= 0.3 is 0 Å². The Morgan fingerprint density at radius 3 is 1.25 bits per heavy atom. The second kappa shape index (κ2) is 45.8. The van der Waals surface area contributed by atoms with Crippen LogP contribution in [-0.2, 0) is 21.7 Å². The molecule has 0 amide bonds. The van der Waals surface area contributed by atoms with Gasteiger partial charge < -0.3 is 23.4 Å². The molecule has 0 unspecified atom stereocenters. The maximum atomic E-state index is 3.50. The number of hydrogen-bond donors (Lipinski definition) is 0. The first-order valence-electron chi connectivity index (χ1n) is 4.40. The molecule has 4 heteroatoms. The summed E-state index contributed by atoms with van der Waals surface area (Å²) in [6.45, 7) is 0. The molecule has 0 radical (unpaired) electrons. The molecule has 0 saturated heterocycles. The third-order valence-corrected chi connectivity index (χ3v) is 0.586. The summed E-state index contributed by atoms with van der Waals surface area (Å²) in [6.07, 6.45) is 10.0. The molecule has 0 aromatic rings. The van der Waals surface area contributed by atoms with Crippen LogP contribution in [0.1, 0.15) is 6.42 Å². The van der Waals surface area contributed by atoms with Crippen molar-refractivity contribution < 1.29 is 21.7 Å². The van der Waals surface area contributed by atoms with E-state index in [4.69, 9.17) is 0 Å². The fraction of sp³-hybridized carbons (Fsp3) is 0.583. The monoisotopic (exact) mass is 260 g/mol. The van der Waals surface area contributed by atoms with Gasteiger partial charge in [0.2, 0.25) is 0 Å². The molecule has 1 aliphatic rings. The van der Waals surface area contributed by atoms with Gasteiger partial charge in [0.1, 0.15) is 0 Å². The van der Waals surface area contributed by atoms with Gasteiger partial charge in [-0.2, -0.15) is 48.4 Å². The van der Waals surface area contributed by atoms with Gasteiger partial charge in [-0.05, 0) is 0 Å². The molecule has 16 heavy (non-hydrogen) atoms. The van der Waals surface area contributed by atoms with Crippen LogP contribution in [0, 0.1) is 13.5 Å². The van der Waals surface area contributed by atoms with Crippen LogP contribution in [0.5, 0.6) is 0 Å². The summed E-state index contributed by atoms with van der Waals surface area (Å²) in [7, 11) is 10.5. The summed E-state index contributed by atoms with van der Waals surface area (Å²) in [4.78, 5) is 0. The molecule has 0 atom stereocenters. The van der Waals surface area contributed by atoms with Crippen molar-refractivity contribution in [1.29, 1.82) is 0 Å². The molecular formula is C12H26N3Ti-5. The van der Waals surface area contributed by atoms with E-state index in [0.29, 0.717) is 0 Å². The van der Waals surface area contributed by atoms with Crippen LogP contribution in [-0.4, -0.2) is 42.3 Å². The molecule has 0 N–H and O–H groups in total. The van der Waals surface area contributed by atoms with Crippen LogP contribution in [0.4, 0.5) is 0 Å². The Labute approximate surface area is 118 Å². The Morgan fingerprint density at radius 1 is 0.875 bits per heavy atom. The van der Waals surface area contributed by atoms with Gasteiger partial charge in [-0.15, -0.1) is 6.42 Å². The molecule has 0 fully saturated rings. The van der Waals surface area contributed by atoms with Crippen molar-refractivity contribution >= 4 is 0 Å². The van der Waals surface area contributed by atoms with Crippen LogP contribution in [0.25, 0.3) is 16.0 Å². The van der Waals surface area contributed by atoms with Crippen LogP contribution < -0.4 is 0 Å². The number of allylic oxidation sites excluding steroid dienone is 4. The Balaban J connectivity index is -0.0000000336. The van der Waals surface area contributed by atoms with E-state index in [1.54, 1.807) is 42.3 Å². The molecule has 0 spiro atoms. The zero-order valence-electron chi connectivity index (χ0n) is 11.8. The molecule has 0 bridgehead atoms. The standard InChI is InChI=1S/C5H5.3C2H6N.CH3.Ti/c1-2-4-5-3-1;3*1-3-2;;/h1-3H,4H2;3*1-2H3;1H3;/q5*-1;. The van der Waals surface area contributed by atoms with Gasteiger partial charge in [0, 0.05) is 21.7 Å². The summed E-state index contributed by atoms with van der Waals surface area (Å²) < 4.78 is 0. The Morgan fingerprint density at radius 2 is 1.19 bits per heavy atom. The molecule has 1 aliphatic carbocycles. The van der Waals surface area contributed by atoms with Crippen molar-refractivity contribution in [3.8, 4) is 0 Å². The predicted molar refractivity (Wildman–Crippen MR) is 73.6 cm³/mol. The first-order valence-corrected chi connectivity index (χ1v) is 4.40. The van der Waals surface area contributed by atoms with E-state index in [2.05, 4.69) is 28.1 Å². The van der Waals surface area contributed by atoms with Gasteiger partial charge in [-0.3, -0.25) is 6.08 Å². The zero-order valence-corrected chi connectivity index (χ0v) is 13.3. The minimum Gasteiger partial charge on any atom is -0.668 e. The average molecular weight is 260 g/mol. The van der Waals surface area contributed by atoms with Gasteiger partial charge in [0.25, 0.3) is 0 Å². The van der Waals surface area contributed by atoms with Crippen LogP contribution >= 0.6 is 0 Å². The van der Waals surface area contributed by atoms with Crippen molar-refractivity contribution in [2.24, 2.45) is 0 Å². The van der Waals surface area contributed by atoms with E-state index >= 15 is 0 Å². The Hall–Kier alpha value is 0.0743. The summed E-state index contributed by atoms with van der Waals surface area (Å²) >= 11 is 0. The zero-order chi connectivity index (χ0) is 11.7. The molecular weight excluding hydrogens is 234 g/mol. The molecule has 0 aromatic carbocycles. The fourth-order valence-electron chi connectivity index (χ4n) is 0.340. The summed E-state index contributed by atoms with van der Waals surface area (Å²) in [6, 6.07) is 0. The van der Waals surface area contributed by atoms with Crippen molar-refractivity contribution in [2.45, 2.75) is 6.42 Å². The minimum absolute atomic E-state index is 0. The van der Waals surface area contributed by atoms with E-state index in [-0.39, 0.29) is 29.1 Å². The van der Waals surface area contributed by atoms with Crippen molar-refractivity contribution in [2.75, 3.05) is 42.3 Å². The van der Waals surface area contributed by atoms with E-state index < -0.39 is 0 Å². The van der Waals surface area contributed by atoms with Crippen molar-refractivity contribution in [3.63, 3.8) is 0 Å². The number of hydrogen-bond acceptors (Lipinski definition) is 0. The van der Waals surface area contributed by atoms with E-state index in [9.17, 15) is 0 Å². The maximum Gasteiger partial charge on any atom is 0 e. The van der Waals surface area contributed by atoms with Crippen molar-refractivity contribution in [3.05, 3.63) is 47.7 Å².